The summed E-state index contributed by atoms with van der Waals surface area (Å²) < 4.78 is 41.4. The first kappa shape index (κ1) is 36.7. The monoisotopic (exact) mass is 649 g/mol. The number of aryl methyl sites for hydroxylation is 1. The zero-order chi connectivity index (χ0) is 31.9. The topological polar surface area (TPSA) is 86.2 Å². The van der Waals surface area contributed by atoms with Crippen LogP contribution in [0.5, 0.6) is 0 Å². The number of halogens is 3. The third kappa shape index (κ3) is 11.5. The van der Waals surface area contributed by atoms with E-state index >= 15 is 0 Å². The van der Waals surface area contributed by atoms with E-state index in [2.05, 4.69) is 30.6 Å². The van der Waals surface area contributed by atoms with Crippen LogP contribution < -0.4 is 5.56 Å². The Labute approximate surface area is 255 Å². The van der Waals surface area contributed by atoms with Crippen LogP contribution in [0.2, 0.25) is 0 Å². The zero-order valence-electron chi connectivity index (χ0n) is 25.7. The van der Waals surface area contributed by atoms with Gasteiger partial charge >= 0.3 is 0 Å². The molecule has 2 aromatic carbocycles. The molecular formula is C32H42BrF2N3O4. The lowest BCUT2D eigenvalue weighted by atomic mass is 10.0. The molecule has 10 heteroatoms. The molecule has 4 aromatic rings. The van der Waals surface area contributed by atoms with Gasteiger partial charge in [0.25, 0.3) is 6.47 Å². The number of carbonyl (C=O) groups is 1. The lowest BCUT2D eigenvalue weighted by molar-refractivity contribution is -0.138. The van der Waals surface area contributed by atoms with Gasteiger partial charge in [-0.2, -0.15) is 0 Å². The standard InChI is InChI=1S/C23H21F2N3O2.C5H10O2.C2H5Br.C2H6/c1-14-6-7-20-21(10-14)28(8-9-30-2)22(26-20)12-15-11-18(25)16(13-17(15)24)19-4-3-5-23(29)27-19;1-5(2,3)7-4-6;1-2-3;1-2/h3-7,10-11,13H,8-9,12H2,1-2H3,(H,27,29);4H,1-3H3;2H2,1H3;1-2H3. The predicted molar refractivity (Wildman–Crippen MR) is 169 cm³/mol. The van der Waals surface area contributed by atoms with Crippen molar-refractivity contribution >= 4 is 33.4 Å². The van der Waals surface area contributed by atoms with Gasteiger partial charge in [0.15, 0.2) is 0 Å². The van der Waals surface area contributed by atoms with Crippen LogP contribution in [0.1, 0.15) is 58.5 Å². The molecule has 0 bridgehead atoms. The Balaban J connectivity index is 0.000000630. The van der Waals surface area contributed by atoms with Gasteiger partial charge < -0.3 is 19.0 Å². The summed E-state index contributed by atoms with van der Waals surface area (Å²) in [6, 6.07) is 12.5. The fourth-order valence-electron chi connectivity index (χ4n) is 3.70. The van der Waals surface area contributed by atoms with Crippen molar-refractivity contribution in [2.75, 3.05) is 19.0 Å². The number of rotatable bonds is 7. The number of H-pyrrole nitrogens is 1. The van der Waals surface area contributed by atoms with Gasteiger partial charge in [0.1, 0.15) is 23.1 Å². The Morgan fingerprint density at radius 1 is 1.07 bits per heavy atom. The maximum atomic E-state index is 14.9. The van der Waals surface area contributed by atoms with Crippen LogP contribution in [0.15, 0.2) is 53.3 Å². The maximum Gasteiger partial charge on any atom is 0.293 e. The Bertz CT molecular complexity index is 1460. The highest BCUT2D eigenvalue weighted by molar-refractivity contribution is 9.09. The first-order valence-electron chi connectivity index (χ1n) is 13.7. The van der Waals surface area contributed by atoms with E-state index in [1.165, 1.54) is 24.3 Å². The fraction of sp³-hybridized carbons (Fsp3) is 0.406. The van der Waals surface area contributed by atoms with Crippen LogP contribution in [-0.4, -0.2) is 45.7 Å². The van der Waals surface area contributed by atoms with Crippen LogP contribution >= 0.6 is 15.9 Å². The molecule has 7 nitrogen and oxygen atoms in total. The highest BCUT2D eigenvalue weighted by Gasteiger charge is 2.17. The first-order valence-corrected chi connectivity index (χ1v) is 14.9. The number of nitrogens with one attached hydrogen (secondary N) is 1. The third-order valence-electron chi connectivity index (χ3n) is 5.45. The van der Waals surface area contributed by atoms with Crippen molar-refractivity contribution in [3.8, 4) is 11.3 Å². The molecule has 0 atom stereocenters. The summed E-state index contributed by atoms with van der Waals surface area (Å²) in [7, 11) is 1.62. The minimum atomic E-state index is -0.608. The first-order chi connectivity index (χ1) is 19.9. The van der Waals surface area contributed by atoms with E-state index in [9.17, 15) is 18.4 Å². The number of alkyl halides is 1. The van der Waals surface area contributed by atoms with Crippen molar-refractivity contribution in [3.63, 3.8) is 0 Å². The second-order valence-electron chi connectivity index (χ2n) is 9.79. The van der Waals surface area contributed by atoms with E-state index in [-0.39, 0.29) is 34.4 Å². The average Bonchev–Trinajstić information content (AvgIpc) is 3.26. The Morgan fingerprint density at radius 2 is 1.74 bits per heavy atom. The number of aromatic nitrogens is 3. The van der Waals surface area contributed by atoms with Crippen LogP contribution in [0.3, 0.4) is 0 Å². The maximum absolute atomic E-state index is 14.9. The van der Waals surface area contributed by atoms with Gasteiger partial charge in [-0.15, -0.1) is 0 Å². The van der Waals surface area contributed by atoms with Crippen molar-refractivity contribution in [2.45, 2.75) is 67.0 Å². The molecule has 0 aliphatic carbocycles. The molecule has 2 aromatic heterocycles. The minimum Gasteiger partial charge on any atom is -0.462 e. The lowest BCUT2D eigenvalue weighted by Crippen LogP contribution is -2.17. The molecule has 0 saturated carbocycles. The van der Waals surface area contributed by atoms with Crippen molar-refractivity contribution in [2.24, 2.45) is 0 Å². The van der Waals surface area contributed by atoms with E-state index in [0.29, 0.717) is 25.4 Å². The van der Waals surface area contributed by atoms with Crippen LogP contribution in [0.4, 0.5) is 8.78 Å². The summed E-state index contributed by atoms with van der Waals surface area (Å²) in [6.45, 7) is 15.0. The SMILES string of the molecule is CC.CC(C)(C)OC=O.CCBr.COCCn1c(Cc2cc(F)c(-c3cccc(=O)[nH]3)cc2F)nc2ccc(C)cc21. The number of fused-ring (bicyclic) bond motifs is 1. The Morgan fingerprint density at radius 3 is 2.29 bits per heavy atom. The molecule has 0 unspecified atom stereocenters. The fourth-order valence-corrected chi connectivity index (χ4v) is 3.70. The van der Waals surface area contributed by atoms with Gasteiger partial charge in [0.05, 0.1) is 23.3 Å². The lowest BCUT2D eigenvalue weighted by Gasteiger charge is -2.14. The van der Waals surface area contributed by atoms with E-state index in [0.717, 1.165) is 28.0 Å². The largest absolute Gasteiger partial charge is 0.462 e. The molecule has 0 saturated heterocycles. The number of carbonyl (C=O) groups excluding carboxylic acids is 1. The van der Waals surface area contributed by atoms with E-state index in [1.54, 1.807) is 7.11 Å². The highest BCUT2D eigenvalue weighted by Crippen LogP contribution is 2.26. The highest BCUT2D eigenvalue weighted by atomic mass is 79.9. The summed E-state index contributed by atoms with van der Waals surface area (Å²) in [5.41, 5.74) is 2.56. The number of benzene rings is 2. The number of pyridine rings is 1. The van der Waals surface area contributed by atoms with E-state index < -0.39 is 11.6 Å². The number of hydrogen-bond acceptors (Lipinski definition) is 5. The number of nitrogens with zero attached hydrogens (tertiary/aromatic N) is 2. The quantitative estimate of drug-likeness (QED) is 0.165. The molecule has 0 radical (unpaired) electrons. The normalized spacial score (nSPS) is 10.5. The van der Waals surface area contributed by atoms with E-state index in [1.807, 2.05) is 71.2 Å². The molecule has 0 aliphatic rings. The Hall–Kier alpha value is -3.37. The number of imidazole rings is 1. The summed E-state index contributed by atoms with van der Waals surface area (Å²) in [4.78, 5) is 28.3. The molecule has 42 heavy (non-hydrogen) atoms. The van der Waals surface area contributed by atoms with Crippen molar-refractivity contribution in [1.82, 2.24) is 14.5 Å². The van der Waals surface area contributed by atoms with E-state index in [4.69, 9.17) is 4.74 Å². The smallest absolute Gasteiger partial charge is 0.293 e. The van der Waals surface area contributed by atoms with Crippen molar-refractivity contribution in [3.05, 3.63) is 87.5 Å². The molecule has 0 aliphatic heterocycles. The molecule has 0 amide bonds. The number of ether oxygens (including phenoxy) is 2. The zero-order valence-corrected chi connectivity index (χ0v) is 27.3. The van der Waals surface area contributed by atoms with Crippen molar-refractivity contribution < 1.29 is 23.0 Å². The van der Waals surface area contributed by atoms with Gasteiger partial charge in [0, 0.05) is 37.0 Å². The van der Waals surface area contributed by atoms with Gasteiger partial charge in [0.2, 0.25) is 5.56 Å². The summed E-state index contributed by atoms with van der Waals surface area (Å²) in [6.07, 6.45) is 0.131. The van der Waals surface area contributed by atoms with Crippen LogP contribution in [0, 0.1) is 18.6 Å². The predicted octanol–water partition coefficient (Wildman–Crippen LogP) is 7.60. The van der Waals surface area contributed by atoms with Gasteiger partial charge in [-0.1, -0.05) is 48.8 Å². The number of methoxy groups -OCH3 is 1. The summed E-state index contributed by atoms with van der Waals surface area (Å²) >= 11 is 3.15. The summed E-state index contributed by atoms with van der Waals surface area (Å²) in [5, 5.41) is 1.06. The van der Waals surface area contributed by atoms with Crippen LogP contribution in [0.25, 0.3) is 22.3 Å². The number of aromatic amines is 1. The van der Waals surface area contributed by atoms with Crippen molar-refractivity contribution in [1.29, 1.82) is 0 Å². The summed E-state index contributed by atoms with van der Waals surface area (Å²) in [5.74, 6) is -0.534. The van der Waals surface area contributed by atoms with Crippen LogP contribution in [-0.2, 0) is 27.2 Å². The van der Waals surface area contributed by atoms with Gasteiger partial charge in [-0.3, -0.25) is 9.59 Å². The van der Waals surface area contributed by atoms with Gasteiger partial charge in [-0.25, -0.2) is 13.8 Å². The molecule has 0 fully saturated rings. The molecular weight excluding hydrogens is 608 g/mol. The molecule has 4 rings (SSSR count). The Kier molecular flexibility index (Phi) is 15.9. The molecule has 230 valence electrons. The molecule has 1 N–H and O–H groups in total. The number of hydrogen-bond donors (Lipinski definition) is 1. The molecule has 2 heterocycles. The average molecular weight is 651 g/mol. The third-order valence-corrected chi connectivity index (χ3v) is 5.45. The second kappa shape index (κ2) is 18.2. The second-order valence-corrected chi connectivity index (χ2v) is 10.9. The minimum absolute atomic E-state index is 0.0115. The molecule has 0 spiro atoms. The van der Waals surface area contributed by atoms with Gasteiger partial charge in [-0.05, 0) is 69.2 Å².